The van der Waals surface area contributed by atoms with E-state index in [1.807, 2.05) is 14.1 Å². The van der Waals surface area contributed by atoms with Crippen molar-refractivity contribution in [1.29, 1.82) is 0 Å². The normalized spacial score (nSPS) is 13.3. The predicted octanol–water partition coefficient (Wildman–Crippen LogP) is 2.81. The molecule has 0 bridgehead atoms. The Kier molecular flexibility index (Phi) is 4.32. The number of aromatic carboxylic acids is 1. The largest absolute Gasteiger partial charge is 0.478 e. The lowest BCUT2D eigenvalue weighted by atomic mass is 10.2. The van der Waals surface area contributed by atoms with E-state index in [9.17, 15) is 9.90 Å². The molecule has 21 heavy (non-hydrogen) atoms. The molecule has 5 nitrogen and oxygen atoms in total. The maximum absolute atomic E-state index is 11.2. The van der Waals surface area contributed by atoms with Crippen LogP contribution in [0, 0.1) is 0 Å². The molecule has 1 N–H and O–H groups in total. The van der Waals surface area contributed by atoms with Crippen molar-refractivity contribution in [2.24, 2.45) is 0 Å². The molecule has 1 aromatic carbocycles. The molecule has 1 atom stereocenters. The second kappa shape index (κ2) is 5.85. The SMILES string of the molecule is CC(C)c1nc2ccc(C(=O)O)cc2n1CC(C)N(C)C. The summed E-state index contributed by atoms with van der Waals surface area (Å²) in [6, 6.07) is 5.47. The molecule has 0 fully saturated rings. The van der Waals surface area contributed by atoms with Gasteiger partial charge < -0.3 is 14.6 Å². The summed E-state index contributed by atoms with van der Waals surface area (Å²) in [6.45, 7) is 7.16. The van der Waals surface area contributed by atoms with E-state index >= 15 is 0 Å². The first-order valence-electron chi connectivity index (χ1n) is 7.21. The van der Waals surface area contributed by atoms with Crippen LogP contribution in [-0.2, 0) is 6.54 Å². The van der Waals surface area contributed by atoms with Gasteiger partial charge in [0.15, 0.2) is 0 Å². The van der Waals surface area contributed by atoms with E-state index in [0.29, 0.717) is 17.5 Å². The Bertz CT molecular complexity index is 659. The number of rotatable bonds is 5. The van der Waals surface area contributed by atoms with Crippen molar-refractivity contribution in [3.8, 4) is 0 Å². The second-order valence-corrected chi connectivity index (χ2v) is 6.06. The number of nitrogens with zero attached hydrogens (tertiary/aromatic N) is 3. The summed E-state index contributed by atoms with van der Waals surface area (Å²) in [4.78, 5) is 18.0. The van der Waals surface area contributed by atoms with Crippen molar-refractivity contribution < 1.29 is 9.90 Å². The Morgan fingerprint density at radius 2 is 2.00 bits per heavy atom. The van der Waals surface area contributed by atoms with Crippen molar-refractivity contribution in [3.63, 3.8) is 0 Å². The lowest BCUT2D eigenvalue weighted by Gasteiger charge is -2.22. The fraction of sp³-hybridized carbons (Fsp3) is 0.500. The average Bonchev–Trinajstić information content (AvgIpc) is 2.76. The van der Waals surface area contributed by atoms with E-state index in [1.54, 1.807) is 18.2 Å². The monoisotopic (exact) mass is 289 g/mol. The van der Waals surface area contributed by atoms with Crippen molar-refractivity contribution in [1.82, 2.24) is 14.5 Å². The van der Waals surface area contributed by atoms with Crippen LogP contribution in [0.3, 0.4) is 0 Å². The van der Waals surface area contributed by atoms with Crippen molar-refractivity contribution in [2.75, 3.05) is 14.1 Å². The third-order valence-electron chi connectivity index (χ3n) is 3.87. The third-order valence-corrected chi connectivity index (χ3v) is 3.87. The van der Waals surface area contributed by atoms with Gasteiger partial charge in [0.25, 0.3) is 0 Å². The standard InChI is InChI=1S/C16H23N3O2/c1-10(2)15-17-13-7-6-12(16(20)21)8-14(13)19(15)9-11(3)18(4)5/h6-8,10-11H,9H2,1-5H3,(H,20,21). The maximum Gasteiger partial charge on any atom is 0.335 e. The first kappa shape index (κ1) is 15.5. The topological polar surface area (TPSA) is 58.4 Å². The Morgan fingerprint density at radius 3 is 2.52 bits per heavy atom. The van der Waals surface area contributed by atoms with E-state index < -0.39 is 5.97 Å². The van der Waals surface area contributed by atoms with Crippen LogP contribution in [0.25, 0.3) is 11.0 Å². The minimum absolute atomic E-state index is 0.292. The van der Waals surface area contributed by atoms with Crippen molar-refractivity contribution in [2.45, 2.75) is 39.3 Å². The molecule has 2 aromatic rings. The van der Waals surface area contributed by atoms with Crippen molar-refractivity contribution in [3.05, 3.63) is 29.6 Å². The first-order valence-corrected chi connectivity index (χ1v) is 7.21. The Morgan fingerprint density at radius 1 is 1.33 bits per heavy atom. The molecule has 2 rings (SSSR count). The van der Waals surface area contributed by atoms with Gasteiger partial charge in [-0.2, -0.15) is 0 Å². The molecule has 114 valence electrons. The number of carboxylic acids is 1. The minimum Gasteiger partial charge on any atom is -0.478 e. The molecule has 0 amide bonds. The number of hydrogen-bond acceptors (Lipinski definition) is 3. The highest BCUT2D eigenvalue weighted by molar-refractivity contribution is 5.92. The highest BCUT2D eigenvalue weighted by Gasteiger charge is 2.17. The van der Waals surface area contributed by atoms with Gasteiger partial charge >= 0.3 is 5.97 Å². The number of carbonyl (C=O) groups is 1. The van der Waals surface area contributed by atoms with Gasteiger partial charge in [-0.05, 0) is 39.2 Å². The summed E-state index contributed by atoms with van der Waals surface area (Å²) in [5, 5.41) is 9.18. The highest BCUT2D eigenvalue weighted by Crippen LogP contribution is 2.24. The molecular weight excluding hydrogens is 266 g/mol. The van der Waals surface area contributed by atoms with Gasteiger partial charge in [0.2, 0.25) is 0 Å². The average molecular weight is 289 g/mol. The number of imidazole rings is 1. The number of aromatic nitrogens is 2. The Labute approximate surface area is 125 Å². The van der Waals surface area contributed by atoms with Gasteiger partial charge in [-0.15, -0.1) is 0 Å². The van der Waals surface area contributed by atoms with Crippen LogP contribution in [0.1, 0.15) is 42.9 Å². The Balaban J connectivity index is 2.59. The summed E-state index contributed by atoms with van der Waals surface area (Å²) in [6.07, 6.45) is 0. The maximum atomic E-state index is 11.2. The zero-order chi connectivity index (χ0) is 15.7. The van der Waals surface area contributed by atoms with Gasteiger partial charge in [0.1, 0.15) is 5.82 Å². The molecular formula is C16H23N3O2. The number of benzene rings is 1. The van der Waals surface area contributed by atoms with Gasteiger partial charge in [-0.3, -0.25) is 0 Å². The molecule has 0 aliphatic carbocycles. The highest BCUT2D eigenvalue weighted by atomic mass is 16.4. The number of carboxylic acid groups (broad SMARTS) is 1. The second-order valence-electron chi connectivity index (χ2n) is 6.06. The molecule has 0 spiro atoms. The molecule has 0 aliphatic heterocycles. The van der Waals surface area contributed by atoms with Crippen LogP contribution in [0.4, 0.5) is 0 Å². The predicted molar refractivity (Wildman–Crippen MR) is 83.9 cm³/mol. The lowest BCUT2D eigenvalue weighted by molar-refractivity contribution is 0.0697. The first-order chi connectivity index (χ1) is 9.81. The summed E-state index contributed by atoms with van der Waals surface area (Å²) in [7, 11) is 4.09. The number of likely N-dealkylation sites (N-methyl/N-ethyl adjacent to an activating group) is 1. The van der Waals surface area contributed by atoms with E-state index in [4.69, 9.17) is 0 Å². The molecule has 0 saturated heterocycles. The smallest absolute Gasteiger partial charge is 0.335 e. The third kappa shape index (κ3) is 3.08. The number of fused-ring (bicyclic) bond motifs is 1. The van der Waals surface area contributed by atoms with Crippen LogP contribution in [-0.4, -0.2) is 45.7 Å². The van der Waals surface area contributed by atoms with Crippen LogP contribution >= 0.6 is 0 Å². The zero-order valence-electron chi connectivity index (χ0n) is 13.3. The molecule has 1 aromatic heterocycles. The summed E-state index contributed by atoms with van der Waals surface area (Å²) < 4.78 is 2.15. The van der Waals surface area contributed by atoms with Crippen LogP contribution in [0.15, 0.2) is 18.2 Å². The lowest BCUT2D eigenvalue weighted by Crippen LogP contribution is -2.30. The van der Waals surface area contributed by atoms with E-state index in [2.05, 4.69) is 35.2 Å². The quantitative estimate of drug-likeness (QED) is 0.919. The fourth-order valence-corrected chi connectivity index (χ4v) is 2.33. The van der Waals surface area contributed by atoms with Crippen LogP contribution < -0.4 is 0 Å². The zero-order valence-corrected chi connectivity index (χ0v) is 13.3. The molecule has 0 radical (unpaired) electrons. The molecule has 1 heterocycles. The van der Waals surface area contributed by atoms with Gasteiger partial charge in [-0.1, -0.05) is 13.8 Å². The number of hydrogen-bond donors (Lipinski definition) is 1. The van der Waals surface area contributed by atoms with Crippen molar-refractivity contribution >= 4 is 17.0 Å². The van der Waals surface area contributed by atoms with E-state index in [0.717, 1.165) is 23.4 Å². The molecule has 0 aliphatic rings. The molecule has 0 saturated carbocycles. The summed E-state index contributed by atoms with van der Waals surface area (Å²) >= 11 is 0. The van der Waals surface area contributed by atoms with Crippen LogP contribution in [0.5, 0.6) is 0 Å². The summed E-state index contributed by atoms with van der Waals surface area (Å²) in [5.74, 6) is 0.387. The van der Waals surface area contributed by atoms with Gasteiger partial charge in [0.05, 0.1) is 16.6 Å². The van der Waals surface area contributed by atoms with E-state index in [-0.39, 0.29) is 0 Å². The molecule has 1 unspecified atom stereocenters. The Hall–Kier alpha value is -1.88. The van der Waals surface area contributed by atoms with E-state index in [1.165, 1.54) is 0 Å². The van der Waals surface area contributed by atoms with Crippen LogP contribution in [0.2, 0.25) is 0 Å². The fourth-order valence-electron chi connectivity index (χ4n) is 2.33. The van der Waals surface area contributed by atoms with Gasteiger partial charge in [-0.25, -0.2) is 9.78 Å². The minimum atomic E-state index is -0.906. The molecule has 5 heteroatoms. The van der Waals surface area contributed by atoms with Gasteiger partial charge in [0, 0.05) is 18.5 Å². The summed E-state index contributed by atoms with van der Waals surface area (Å²) in [5.41, 5.74) is 2.05.